The molecule has 1 aromatic heterocycles. The van der Waals surface area contributed by atoms with Crippen molar-refractivity contribution in [3.8, 4) is 0 Å². The van der Waals surface area contributed by atoms with Gasteiger partial charge >= 0.3 is 5.97 Å². The van der Waals surface area contributed by atoms with Crippen LogP contribution in [0.2, 0.25) is 0 Å². The number of aliphatic hydroxyl groups excluding tert-OH is 2. The smallest absolute Gasteiger partial charge is 0.373 e. The van der Waals surface area contributed by atoms with Crippen molar-refractivity contribution in [2.45, 2.75) is 45.3 Å². The SMILES string of the molecule is CC(C)C1(CCc2ccc(CO)s2)CC=C(O)C(=O)O1. The summed E-state index contributed by atoms with van der Waals surface area (Å²) in [4.78, 5) is 13.7. The maximum absolute atomic E-state index is 11.6. The molecule has 0 saturated carbocycles. The minimum Gasteiger partial charge on any atom is -0.502 e. The zero-order valence-corrected chi connectivity index (χ0v) is 12.6. The van der Waals surface area contributed by atoms with Gasteiger partial charge in [0, 0.05) is 16.2 Å². The van der Waals surface area contributed by atoms with Gasteiger partial charge in [0.15, 0.2) is 5.76 Å². The van der Waals surface area contributed by atoms with Crippen molar-refractivity contribution < 1.29 is 19.7 Å². The highest BCUT2D eigenvalue weighted by molar-refractivity contribution is 7.11. The van der Waals surface area contributed by atoms with Crippen molar-refractivity contribution in [1.82, 2.24) is 0 Å². The molecule has 1 aromatic rings. The van der Waals surface area contributed by atoms with Gasteiger partial charge in [-0.05, 0) is 37.0 Å². The lowest BCUT2D eigenvalue weighted by Crippen LogP contribution is -2.43. The van der Waals surface area contributed by atoms with Crippen LogP contribution in [0.15, 0.2) is 24.0 Å². The third-order valence-corrected chi connectivity index (χ3v) is 5.00. The Bertz CT molecular complexity index is 518. The molecule has 4 nitrogen and oxygen atoms in total. The molecule has 0 amide bonds. The summed E-state index contributed by atoms with van der Waals surface area (Å²) in [5.41, 5.74) is -0.549. The Hall–Kier alpha value is -1.33. The molecule has 1 atom stereocenters. The van der Waals surface area contributed by atoms with Gasteiger partial charge in [-0.15, -0.1) is 11.3 Å². The maximum Gasteiger partial charge on any atom is 0.373 e. The Labute approximate surface area is 122 Å². The molecule has 1 aliphatic heterocycles. The number of carbonyl (C=O) groups is 1. The summed E-state index contributed by atoms with van der Waals surface area (Å²) in [6.07, 6.45) is 3.61. The van der Waals surface area contributed by atoms with E-state index in [4.69, 9.17) is 9.84 Å². The van der Waals surface area contributed by atoms with Crippen LogP contribution < -0.4 is 0 Å². The van der Waals surface area contributed by atoms with Crippen molar-refractivity contribution in [1.29, 1.82) is 0 Å². The minimum absolute atomic E-state index is 0.0611. The first-order valence-corrected chi connectivity index (χ1v) is 7.59. The van der Waals surface area contributed by atoms with E-state index in [1.807, 2.05) is 26.0 Å². The van der Waals surface area contributed by atoms with Gasteiger partial charge in [-0.1, -0.05) is 13.8 Å². The van der Waals surface area contributed by atoms with Gasteiger partial charge < -0.3 is 14.9 Å². The molecule has 0 fully saturated rings. The highest BCUT2D eigenvalue weighted by Gasteiger charge is 2.40. The number of hydrogen-bond donors (Lipinski definition) is 2. The second-order valence-corrected chi connectivity index (χ2v) is 6.68. The first kappa shape index (κ1) is 15.1. The molecule has 0 spiro atoms. The van der Waals surface area contributed by atoms with Gasteiger partial charge in [-0.2, -0.15) is 0 Å². The lowest BCUT2D eigenvalue weighted by Gasteiger charge is -2.38. The number of aryl methyl sites for hydroxylation is 1. The van der Waals surface area contributed by atoms with Crippen LogP contribution in [0.3, 0.4) is 0 Å². The zero-order valence-electron chi connectivity index (χ0n) is 11.8. The van der Waals surface area contributed by atoms with Gasteiger partial charge in [0.05, 0.1) is 6.61 Å². The van der Waals surface area contributed by atoms with Crippen molar-refractivity contribution in [3.63, 3.8) is 0 Å². The Morgan fingerprint density at radius 2 is 2.10 bits per heavy atom. The van der Waals surface area contributed by atoms with Gasteiger partial charge in [-0.3, -0.25) is 0 Å². The fraction of sp³-hybridized carbons (Fsp3) is 0.533. The highest BCUT2D eigenvalue weighted by Crippen LogP contribution is 2.36. The highest BCUT2D eigenvalue weighted by atomic mass is 32.1. The second kappa shape index (κ2) is 5.97. The van der Waals surface area contributed by atoms with Crippen molar-refractivity contribution in [2.24, 2.45) is 5.92 Å². The number of ether oxygens (including phenoxy) is 1. The second-order valence-electron chi connectivity index (χ2n) is 5.43. The van der Waals surface area contributed by atoms with Gasteiger partial charge in [0.1, 0.15) is 5.60 Å². The summed E-state index contributed by atoms with van der Waals surface area (Å²) in [6, 6.07) is 3.92. The molecule has 0 aliphatic carbocycles. The molecule has 0 bridgehead atoms. The van der Waals surface area contributed by atoms with Crippen LogP contribution in [0.1, 0.15) is 36.4 Å². The molecule has 1 aliphatic rings. The summed E-state index contributed by atoms with van der Waals surface area (Å²) in [7, 11) is 0. The number of thiophene rings is 1. The predicted octanol–water partition coefficient (Wildman–Crippen LogP) is 2.96. The number of esters is 1. The summed E-state index contributed by atoms with van der Waals surface area (Å²) in [6.45, 7) is 4.11. The average Bonchev–Trinajstić information content (AvgIpc) is 2.88. The monoisotopic (exact) mass is 296 g/mol. The lowest BCUT2D eigenvalue weighted by molar-refractivity contribution is -0.167. The van der Waals surface area contributed by atoms with E-state index in [0.717, 1.165) is 11.3 Å². The first-order valence-electron chi connectivity index (χ1n) is 6.78. The molecule has 5 heteroatoms. The Kier molecular flexibility index (Phi) is 4.50. The van der Waals surface area contributed by atoms with Crippen molar-refractivity contribution in [3.05, 3.63) is 33.7 Å². The standard InChI is InChI=1S/C15H20O4S/c1-10(2)15(8-6-13(17)14(18)19-15)7-5-11-3-4-12(9-16)20-11/h3-4,6,10,16-17H,5,7-9H2,1-2H3. The zero-order chi connectivity index (χ0) is 14.8. The first-order chi connectivity index (χ1) is 9.47. The Balaban J connectivity index is 2.09. The van der Waals surface area contributed by atoms with Gasteiger partial charge in [0.25, 0.3) is 0 Å². The molecule has 0 saturated heterocycles. The van der Waals surface area contributed by atoms with Crippen LogP contribution >= 0.6 is 11.3 Å². The molecule has 2 heterocycles. The number of rotatable bonds is 5. The molecule has 0 radical (unpaired) electrons. The molecule has 110 valence electrons. The van der Waals surface area contributed by atoms with Gasteiger partial charge in [-0.25, -0.2) is 4.79 Å². The third kappa shape index (κ3) is 3.04. The summed E-state index contributed by atoms with van der Waals surface area (Å²) >= 11 is 1.58. The van der Waals surface area contributed by atoms with E-state index in [9.17, 15) is 9.90 Å². The topological polar surface area (TPSA) is 66.8 Å². The minimum atomic E-state index is -0.632. The number of cyclic esters (lactones) is 1. The molecule has 2 N–H and O–H groups in total. The van der Waals surface area contributed by atoms with Crippen molar-refractivity contribution in [2.75, 3.05) is 0 Å². The lowest BCUT2D eigenvalue weighted by atomic mass is 9.81. The summed E-state index contributed by atoms with van der Waals surface area (Å²) < 4.78 is 5.50. The van der Waals surface area contributed by atoms with Crippen molar-refractivity contribution >= 4 is 17.3 Å². The molecule has 20 heavy (non-hydrogen) atoms. The van der Waals surface area contributed by atoms with Crippen LogP contribution in [0.25, 0.3) is 0 Å². The predicted molar refractivity (Wildman–Crippen MR) is 77.6 cm³/mol. The van der Waals surface area contributed by atoms with Crippen LogP contribution in [0.4, 0.5) is 0 Å². The molecular formula is C15H20O4S. The quantitative estimate of drug-likeness (QED) is 0.820. The molecule has 0 aromatic carbocycles. The van der Waals surface area contributed by atoms with Crippen LogP contribution in [-0.2, 0) is 22.6 Å². The number of hydrogen-bond acceptors (Lipinski definition) is 5. The Morgan fingerprint density at radius 1 is 1.40 bits per heavy atom. The van der Waals surface area contributed by atoms with E-state index in [1.165, 1.54) is 4.88 Å². The normalized spacial score (nSPS) is 22.8. The van der Waals surface area contributed by atoms with Crippen LogP contribution in [-0.4, -0.2) is 21.8 Å². The fourth-order valence-corrected chi connectivity index (χ4v) is 3.28. The molecule has 2 rings (SSSR count). The maximum atomic E-state index is 11.6. The van der Waals surface area contributed by atoms with Crippen LogP contribution in [0, 0.1) is 5.92 Å². The third-order valence-electron chi connectivity index (χ3n) is 3.87. The van der Waals surface area contributed by atoms with Crippen LogP contribution in [0.5, 0.6) is 0 Å². The number of aliphatic hydroxyl groups is 2. The molecular weight excluding hydrogens is 276 g/mol. The van der Waals surface area contributed by atoms with E-state index >= 15 is 0 Å². The van der Waals surface area contributed by atoms with Gasteiger partial charge in [0.2, 0.25) is 0 Å². The fourth-order valence-electron chi connectivity index (χ4n) is 2.40. The van der Waals surface area contributed by atoms with E-state index in [1.54, 1.807) is 17.4 Å². The largest absolute Gasteiger partial charge is 0.502 e. The number of carbonyl (C=O) groups excluding carboxylic acids is 1. The van der Waals surface area contributed by atoms with E-state index in [0.29, 0.717) is 12.8 Å². The summed E-state index contributed by atoms with van der Waals surface area (Å²) in [5.74, 6) is -0.750. The average molecular weight is 296 g/mol. The van der Waals surface area contributed by atoms with E-state index in [2.05, 4.69) is 0 Å². The summed E-state index contributed by atoms with van der Waals surface area (Å²) in [5, 5.41) is 18.4. The van der Waals surface area contributed by atoms with E-state index in [-0.39, 0.29) is 18.3 Å². The molecule has 1 unspecified atom stereocenters. The Morgan fingerprint density at radius 3 is 2.65 bits per heavy atom. The van der Waals surface area contributed by atoms with E-state index < -0.39 is 11.6 Å².